The van der Waals surface area contributed by atoms with Gasteiger partial charge in [-0.2, -0.15) is 0 Å². The standard InChI is InChI=1S/C51H81N21O16/c1-24(73)38(53)47(85)71-15-5-9-34(71)46(84)69-32(18-27-21-59-23-63-27)42(80)64-28(7-3-13-60-50(54)55)40(78)67-31(17-26-20-58-22-62-26)43(81)68-33(19-36(52)75)44(82)65-29(8-4-14-61-51(56)57)41(79)70-39(25(2)74)48(86)72-16-6-10-35(72)45(83)66-30(49(87)88)11-12-37(76)77/h20-25,28-35,38-39,73-74H,3-19,53H2,1-2H3,(H2,52,75)(H,58,62)(H,59,63)(H,64,80)(H,65,82)(H,66,83)(H,67,78)(H,68,81)(H,69,84)(H,70,79)(H,76,77)(H,87,88)(H4,54,55,60)(H4,56,57,61)/t24-,25-,28+,29+,30+,31+,32+,33+,34+,35+,38+,39+/m1/s1. The molecule has 0 saturated carbocycles. The van der Waals surface area contributed by atoms with Gasteiger partial charge in [-0.1, -0.05) is 0 Å². The number of aliphatic imine (C=N–C) groups is 2. The smallest absolute Gasteiger partial charge is 0.326 e. The number of aliphatic hydroxyl groups is 2. The first-order valence-electron chi connectivity index (χ1n) is 28.2. The lowest BCUT2D eigenvalue weighted by molar-refractivity contribution is -0.146. The van der Waals surface area contributed by atoms with Gasteiger partial charge >= 0.3 is 11.9 Å². The highest BCUT2D eigenvalue weighted by atomic mass is 16.4. The summed E-state index contributed by atoms with van der Waals surface area (Å²) >= 11 is 0. The minimum Gasteiger partial charge on any atom is -0.481 e. The molecule has 486 valence electrons. The summed E-state index contributed by atoms with van der Waals surface area (Å²) in [5.74, 6) is -13.3. The number of hydrogen-bond acceptors (Lipinski definition) is 19. The van der Waals surface area contributed by atoms with Crippen LogP contribution < -0.4 is 71.6 Å². The molecule has 4 rings (SSSR count). The number of aliphatic hydroxyl groups excluding tert-OH is 2. The average molecular weight is 1240 g/mol. The van der Waals surface area contributed by atoms with E-state index < -0.39 is 163 Å². The number of carbonyl (C=O) groups is 12. The van der Waals surface area contributed by atoms with Gasteiger partial charge in [-0.25, -0.2) is 14.8 Å². The fourth-order valence-electron chi connectivity index (χ4n) is 9.58. The van der Waals surface area contributed by atoms with Crippen LogP contribution in [0.1, 0.15) is 95.9 Å². The second kappa shape index (κ2) is 34.6. The molecule has 2 aromatic rings. The van der Waals surface area contributed by atoms with E-state index in [-0.39, 0.29) is 102 Å². The van der Waals surface area contributed by atoms with E-state index in [4.69, 9.17) is 39.5 Å². The van der Waals surface area contributed by atoms with Gasteiger partial charge < -0.3 is 112 Å². The summed E-state index contributed by atoms with van der Waals surface area (Å²) in [4.78, 5) is 186. The SMILES string of the molecule is C[C@@H](O)[C@H](N)C(=O)N1CCC[C@H]1C(=O)N[C@@H](Cc1cnc[nH]1)C(=O)N[C@@H](CCCN=C(N)N)C(=O)N[C@@H](Cc1cnc[nH]1)C(=O)N[C@@H](CC(N)=O)C(=O)N[C@@H](CCCN=C(N)N)C(=O)N[C@H](C(=O)N1CCC[C@H]1C(=O)N[C@@H](CCC(=O)O)C(=O)O)[C@@H](C)O. The molecule has 2 aliphatic heterocycles. The third-order valence-corrected chi connectivity index (χ3v) is 14.2. The third-order valence-electron chi connectivity index (χ3n) is 14.2. The normalized spacial score (nSPS) is 18.0. The molecule has 10 amide bonds. The minimum atomic E-state index is -1.90. The lowest BCUT2D eigenvalue weighted by Gasteiger charge is -2.31. The average Bonchev–Trinajstić information content (AvgIpc) is 3.20. The molecule has 12 atom stereocenters. The Kier molecular flexibility index (Phi) is 27.9. The number of nitrogens with one attached hydrogen (secondary N) is 9. The Morgan fingerprint density at radius 3 is 1.42 bits per heavy atom. The van der Waals surface area contributed by atoms with Gasteiger partial charge in [-0.05, 0) is 71.6 Å². The van der Waals surface area contributed by atoms with Crippen LogP contribution in [0.5, 0.6) is 0 Å². The zero-order chi connectivity index (χ0) is 65.4. The maximum Gasteiger partial charge on any atom is 0.326 e. The number of H-pyrrole nitrogens is 2. The minimum absolute atomic E-state index is 0.0220. The van der Waals surface area contributed by atoms with Gasteiger partial charge in [0.15, 0.2) is 11.9 Å². The lowest BCUT2D eigenvalue weighted by atomic mass is 10.0. The number of aliphatic carboxylic acids is 2. The molecule has 0 bridgehead atoms. The number of carboxylic acids is 2. The van der Waals surface area contributed by atoms with E-state index in [2.05, 4.69) is 67.1 Å². The van der Waals surface area contributed by atoms with Crippen LogP contribution in [-0.4, -0.2) is 232 Å². The van der Waals surface area contributed by atoms with Crippen molar-refractivity contribution in [2.75, 3.05) is 26.2 Å². The summed E-state index contributed by atoms with van der Waals surface area (Å²) in [7, 11) is 0. The van der Waals surface area contributed by atoms with E-state index >= 15 is 0 Å². The van der Waals surface area contributed by atoms with E-state index in [0.29, 0.717) is 12.1 Å². The number of nitrogens with two attached hydrogens (primary N) is 6. The molecule has 25 N–H and O–H groups in total. The Morgan fingerprint density at radius 2 is 1.00 bits per heavy atom. The van der Waals surface area contributed by atoms with Crippen LogP contribution in [0.25, 0.3) is 0 Å². The predicted molar refractivity (Wildman–Crippen MR) is 307 cm³/mol. The maximum atomic E-state index is 14.5. The summed E-state index contributed by atoms with van der Waals surface area (Å²) < 4.78 is 0. The maximum absolute atomic E-state index is 14.5. The van der Waals surface area contributed by atoms with Gasteiger partial charge in [0.2, 0.25) is 59.1 Å². The first-order valence-corrected chi connectivity index (χ1v) is 28.2. The molecule has 0 aliphatic carbocycles. The number of amides is 10. The van der Waals surface area contributed by atoms with E-state index in [9.17, 15) is 72.9 Å². The molecule has 0 aromatic carbocycles. The Balaban J connectivity index is 1.62. The molecule has 2 fully saturated rings. The monoisotopic (exact) mass is 1240 g/mol. The van der Waals surface area contributed by atoms with Crippen LogP contribution in [-0.2, 0) is 70.4 Å². The van der Waals surface area contributed by atoms with Crippen LogP contribution in [0, 0.1) is 0 Å². The fourth-order valence-corrected chi connectivity index (χ4v) is 9.58. The number of nitrogens with zero attached hydrogens (tertiary/aromatic N) is 6. The second-order valence-corrected chi connectivity index (χ2v) is 21.1. The number of aromatic nitrogens is 4. The van der Waals surface area contributed by atoms with Crippen LogP contribution in [0.3, 0.4) is 0 Å². The molecule has 2 saturated heterocycles. The highest BCUT2D eigenvalue weighted by Crippen LogP contribution is 2.22. The fraction of sp³-hybridized carbons (Fsp3) is 0.608. The van der Waals surface area contributed by atoms with Crippen molar-refractivity contribution in [1.82, 2.24) is 67.0 Å². The first kappa shape index (κ1) is 71.0. The number of guanidine groups is 2. The van der Waals surface area contributed by atoms with Crippen molar-refractivity contribution < 1.29 is 78.0 Å². The Labute approximate surface area is 503 Å². The van der Waals surface area contributed by atoms with Crippen molar-refractivity contribution in [3.63, 3.8) is 0 Å². The van der Waals surface area contributed by atoms with Gasteiger partial charge in [0.05, 0.1) is 31.3 Å². The van der Waals surface area contributed by atoms with Crippen molar-refractivity contribution in [3.8, 4) is 0 Å². The summed E-state index contributed by atoms with van der Waals surface area (Å²) in [6, 6.07) is -15.4. The van der Waals surface area contributed by atoms with Gasteiger partial charge in [0.25, 0.3) is 0 Å². The number of aromatic amines is 2. The summed E-state index contributed by atoms with van der Waals surface area (Å²) in [6.07, 6.45) is 0.147. The quantitative estimate of drug-likeness (QED) is 0.0171. The van der Waals surface area contributed by atoms with E-state index in [1.807, 2.05) is 0 Å². The number of likely N-dealkylation sites (tertiary alicyclic amines) is 2. The van der Waals surface area contributed by atoms with E-state index in [1.54, 1.807) is 0 Å². The number of carbonyl (C=O) groups excluding carboxylic acids is 10. The van der Waals surface area contributed by atoms with Gasteiger partial charge in [0.1, 0.15) is 60.4 Å². The number of rotatable bonds is 36. The molecule has 4 heterocycles. The first-order chi connectivity index (χ1) is 41.6. The lowest BCUT2D eigenvalue weighted by Crippen LogP contribution is -2.62. The van der Waals surface area contributed by atoms with Crippen molar-refractivity contribution in [1.29, 1.82) is 0 Å². The summed E-state index contributed by atoms with van der Waals surface area (Å²) in [6.45, 7) is 2.35. The highest BCUT2D eigenvalue weighted by Gasteiger charge is 2.43. The summed E-state index contributed by atoms with van der Waals surface area (Å²) in [5.41, 5.74) is 34.2. The molecule has 0 radical (unpaired) electrons. The summed E-state index contributed by atoms with van der Waals surface area (Å²) in [5, 5.41) is 56.9. The molecule has 88 heavy (non-hydrogen) atoms. The molecule has 2 aliphatic rings. The van der Waals surface area contributed by atoms with Crippen LogP contribution in [0.15, 0.2) is 35.0 Å². The molecular weight excluding hydrogens is 1160 g/mol. The second-order valence-electron chi connectivity index (χ2n) is 21.1. The molecule has 37 heteroatoms. The van der Waals surface area contributed by atoms with Gasteiger partial charge in [-0.15, -0.1) is 0 Å². The van der Waals surface area contributed by atoms with Crippen molar-refractivity contribution >= 4 is 82.9 Å². The number of carboxylic acid groups (broad SMARTS) is 2. The molecule has 0 spiro atoms. The zero-order valence-corrected chi connectivity index (χ0v) is 48.6. The van der Waals surface area contributed by atoms with Crippen molar-refractivity contribution in [2.45, 2.75) is 170 Å². The number of hydrogen-bond donors (Lipinski definition) is 19. The third kappa shape index (κ3) is 22.4. The van der Waals surface area contributed by atoms with E-state index in [1.165, 1.54) is 36.9 Å². The Morgan fingerprint density at radius 1 is 0.580 bits per heavy atom. The molecule has 37 nitrogen and oxygen atoms in total. The Hall–Kier alpha value is -9.52. The van der Waals surface area contributed by atoms with Crippen LogP contribution in [0.2, 0.25) is 0 Å². The van der Waals surface area contributed by atoms with Crippen LogP contribution >= 0.6 is 0 Å². The Bertz CT molecular complexity index is 2810. The zero-order valence-electron chi connectivity index (χ0n) is 48.6. The van der Waals surface area contributed by atoms with Gasteiger partial charge in [-0.3, -0.25) is 62.7 Å². The topological polar surface area (TPSA) is 615 Å². The molecule has 2 aromatic heterocycles. The van der Waals surface area contributed by atoms with E-state index in [0.717, 1.165) is 11.8 Å². The van der Waals surface area contributed by atoms with Crippen molar-refractivity contribution in [2.24, 2.45) is 44.4 Å². The number of primary amides is 1. The predicted octanol–water partition coefficient (Wildman–Crippen LogP) is -8.69. The largest absolute Gasteiger partial charge is 0.481 e. The highest BCUT2D eigenvalue weighted by molar-refractivity contribution is 6.00. The number of imidazole rings is 2. The van der Waals surface area contributed by atoms with Gasteiger partial charge in [0, 0.05) is 69.2 Å². The van der Waals surface area contributed by atoms with Crippen LogP contribution in [0.4, 0.5) is 0 Å². The molecular formula is C51H81N21O16. The van der Waals surface area contributed by atoms with Crippen molar-refractivity contribution in [3.05, 3.63) is 36.4 Å². The molecule has 0 unspecified atom stereocenters.